The summed E-state index contributed by atoms with van der Waals surface area (Å²) >= 11 is 0. The molecule has 0 rings (SSSR count). The molecule has 3 N–H and O–H groups in total. The predicted molar refractivity (Wildman–Crippen MR) is 68.6 cm³/mol. The van der Waals surface area contributed by atoms with Gasteiger partial charge in [0, 0.05) is 18.8 Å². The molecule has 0 heterocycles. The van der Waals surface area contributed by atoms with E-state index < -0.39 is 21.7 Å². The molecule has 0 fully saturated rings. The second kappa shape index (κ2) is 8.04. The van der Waals surface area contributed by atoms with Crippen LogP contribution < -0.4 is 16.0 Å². The van der Waals surface area contributed by atoms with Crippen molar-refractivity contribution >= 4 is 21.7 Å². The van der Waals surface area contributed by atoms with Crippen LogP contribution in [0.3, 0.4) is 0 Å². The molecule has 106 valence electrons. The maximum absolute atomic E-state index is 11.3. The summed E-state index contributed by atoms with van der Waals surface area (Å²) in [5.74, 6) is -1.02. The lowest BCUT2D eigenvalue weighted by Gasteiger charge is -2.09. The Kier molecular flexibility index (Phi) is 7.53. The van der Waals surface area contributed by atoms with E-state index in [4.69, 9.17) is 0 Å². The number of rotatable bonds is 8. The van der Waals surface area contributed by atoms with Crippen LogP contribution in [-0.4, -0.2) is 51.5 Å². The van der Waals surface area contributed by atoms with Crippen molar-refractivity contribution in [2.45, 2.75) is 26.3 Å². The zero-order chi connectivity index (χ0) is 14.2. The molecular formula is C10H21N3O4S. The molecule has 2 amide bonds. The van der Waals surface area contributed by atoms with E-state index in [1.807, 2.05) is 13.8 Å². The lowest BCUT2D eigenvalue weighted by Crippen LogP contribution is -2.39. The molecule has 0 saturated heterocycles. The van der Waals surface area contributed by atoms with Gasteiger partial charge in [-0.2, -0.15) is 0 Å². The molecule has 0 aromatic carbocycles. The van der Waals surface area contributed by atoms with E-state index >= 15 is 0 Å². The summed E-state index contributed by atoms with van der Waals surface area (Å²) in [6.45, 7) is 4.19. The van der Waals surface area contributed by atoms with Crippen molar-refractivity contribution in [1.29, 1.82) is 0 Å². The number of hydrogen-bond acceptors (Lipinski definition) is 5. The average molecular weight is 279 g/mol. The molecule has 8 heteroatoms. The number of sulfone groups is 1. The van der Waals surface area contributed by atoms with Crippen LogP contribution >= 0.6 is 0 Å². The third kappa shape index (κ3) is 11.3. The first-order chi connectivity index (χ1) is 8.20. The van der Waals surface area contributed by atoms with Crippen LogP contribution in [-0.2, 0) is 19.4 Å². The lowest BCUT2D eigenvalue weighted by atomic mass is 10.3. The lowest BCUT2D eigenvalue weighted by molar-refractivity contribution is -0.129. The predicted octanol–water partition coefficient (Wildman–Crippen LogP) is -1.39. The standard InChI is InChI=1S/C10H21N3O4S/c1-8(2)12-7-13-10(15)6-9(14)11-4-5-18(3,16)17/h8,12H,4-7H2,1-3H3,(H,11,14)(H,13,15). The summed E-state index contributed by atoms with van der Waals surface area (Å²) in [5.41, 5.74) is 0. The first kappa shape index (κ1) is 16.9. The van der Waals surface area contributed by atoms with Gasteiger partial charge in [0.2, 0.25) is 11.8 Å². The second-order valence-corrected chi connectivity index (χ2v) is 6.55. The van der Waals surface area contributed by atoms with Gasteiger partial charge in [0.25, 0.3) is 0 Å². The highest BCUT2D eigenvalue weighted by Crippen LogP contribution is 1.83. The molecule has 0 radical (unpaired) electrons. The largest absolute Gasteiger partial charge is 0.355 e. The van der Waals surface area contributed by atoms with E-state index in [-0.39, 0.29) is 24.8 Å². The van der Waals surface area contributed by atoms with Crippen LogP contribution in [0.5, 0.6) is 0 Å². The summed E-state index contributed by atoms with van der Waals surface area (Å²) < 4.78 is 21.6. The van der Waals surface area contributed by atoms with Crippen molar-refractivity contribution < 1.29 is 18.0 Å². The summed E-state index contributed by atoms with van der Waals surface area (Å²) in [6.07, 6.45) is 0.785. The molecule has 0 aliphatic carbocycles. The van der Waals surface area contributed by atoms with Crippen LogP contribution in [0.25, 0.3) is 0 Å². The SMILES string of the molecule is CC(C)NCNC(=O)CC(=O)NCCS(C)(=O)=O. The van der Waals surface area contributed by atoms with Crippen LogP contribution in [0.4, 0.5) is 0 Å². The van der Waals surface area contributed by atoms with Gasteiger partial charge in [-0.3, -0.25) is 14.9 Å². The Hall–Kier alpha value is -1.15. The quantitative estimate of drug-likeness (QED) is 0.375. The van der Waals surface area contributed by atoms with Gasteiger partial charge >= 0.3 is 0 Å². The molecule has 0 bridgehead atoms. The monoisotopic (exact) mass is 279 g/mol. The molecule has 18 heavy (non-hydrogen) atoms. The third-order valence-electron chi connectivity index (χ3n) is 1.91. The fraction of sp³-hybridized carbons (Fsp3) is 0.800. The molecule has 7 nitrogen and oxygen atoms in total. The van der Waals surface area contributed by atoms with Crippen LogP contribution in [0.15, 0.2) is 0 Å². The zero-order valence-corrected chi connectivity index (χ0v) is 11.8. The smallest absolute Gasteiger partial charge is 0.230 e. The molecule has 0 aromatic heterocycles. The minimum absolute atomic E-state index is 0.0230. The maximum Gasteiger partial charge on any atom is 0.230 e. The molecule has 0 saturated carbocycles. The van der Waals surface area contributed by atoms with Crippen molar-refractivity contribution in [2.75, 3.05) is 25.2 Å². The summed E-state index contributed by atoms with van der Waals surface area (Å²) in [4.78, 5) is 22.5. The van der Waals surface area contributed by atoms with Crippen LogP contribution in [0.1, 0.15) is 20.3 Å². The summed E-state index contributed by atoms with van der Waals surface area (Å²) in [7, 11) is -3.10. The Balaban J connectivity index is 3.71. The van der Waals surface area contributed by atoms with Crippen molar-refractivity contribution in [3.05, 3.63) is 0 Å². The highest BCUT2D eigenvalue weighted by atomic mass is 32.2. The Labute approximate surface area is 108 Å². The zero-order valence-electron chi connectivity index (χ0n) is 10.9. The van der Waals surface area contributed by atoms with Crippen molar-refractivity contribution in [1.82, 2.24) is 16.0 Å². The Bertz CT molecular complexity index is 379. The highest BCUT2D eigenvalue weighted by Gasteiger charge is 2.09. The fourth-order valence-corrected chi connectivity index (χ4v) is 1.47. The van der Waals surface area contributed by atoms with E-state index in [2.05, 4.69) is 16.0 Å². The van der Waals surface area contributed by atoms with Gasteiger partial charge in [0.05, 0.1) is 12.4 Å². The Morgan fingerprint density at radius 3 is 2.17 bits per heavy atom. The molecule has 0 unspecified atom stereocenters. The van der Waals surface area contributed by atoms with Crippen molar-refractivity contribution in [3.63, 3.8) is 0 Å². The Morgan fingerprint density at radius 2 is 1.67 bits per heavy atom. The first-order valence-electron chi connectivity index (χ1n) is 5.65. The minimum Gasteiger partial charge on any atom is -0.355 e. The maximum atomic E-state index is 11.3. The molecule has 0 aliphatic heterocycles. The molecule has 0 spiro atoms. The van der Waals surface area contributed by atoms with Gasteiger partial charge in [-0.15, -0.1) is 0 Å². The van der Waals surface area contributed by atoms with E-state index in [9.17, 15) is 18.0 Å². The van der Waals surface area contributed by atoms with Crippen LogP contribution in [0, 0.1) is 0 Å². The molecule has 0 atom stereocenters. The van der Waals surface area contributed by atoms with Gasteiger partial charge < -0.3 is 10.6 Å². The van der Waals surface area contributed by atoms with Gasteiger partial charge in [0.1, 0.15) is 16.3 Å². The van der Waals surface area contributed by atoms with Crippen molar-refractivity contribution in [3.8, 4) is 0 Å². The minimum atomic E-state index is -3.10. The van der Waals surface area contributed by atoms with E-state index in [1.54, 1.807) is 0 Å². The second-order valence-electron chi connectivity index (χ2n) is 4.29. The Morgan fingerprint density at radius 1 is 1.11 bits per heavy atom. The number of carbonyl (C=O) groups excluding carboxylic acids is 2. The number of nitrogens with one attached hydrogen (secondary N) is 3. The van der Waals surface area contributed by atoms with Gasteiger partial charge in [0.15, 0.2) is 0 Å². The summed E-state index contributed by atoms with van der Waals surface area (Å²) in [6, 6.07) is 0.244. The molecule has 0 aliphatic rings. The average Bonchev–Trinajstić information content (AvgIpc) is 2.14. The number of amides is 2. The molecular weight excluding hydrogens is 258 g/mol. The topological polar surface area (TPSA) is 104 Å². The number of carbonyl (C=O) groups is 2. The van der Waals surface area contributed by atoms with E-state index in [0.717, 1.165) is 6.26 Å². The van der Waals surface area contributed by atoms with Crippen molar-refractivity contribution in [2.24, 2.45) is 0 Å². The summed E-state index contributed by atoms with van der Waals surface area (Å²) in [5, 5.41) is 7.86. The highest BCUT2D eigenvalue weighted by molar-refractivity contribution is 7.90. The van der Waals surface area contributed by atoms with Gasteiger partial charge in [-0.25, -0.2) is 8.42 Å². The fourth-order valence-electron chi connectivity index (χ4n) is 1.00. The molecule has 0 aromatic rings. The van der Waals surface area contributed by atoms with Gasteiger partial charge in [-0.05, 0) is 13.8 Å². The van der Waals surface area contributed by atoms with E-state index in [1.165, 1.54) is 0 Å². The van der Waals surface area contributed by atoms with Gasteiger partial charge in [-0.1, -0.05) is 0 Å². The van der Waals surface area contributed by atoms with Crippen LogP contribution in [0.2, 0.25) is 0 Å². The normalized spacial score (nSPS) is 11.3. The first-order valence-corrected chi connectivity index (χ1v) is 7.71. The number of hydrogen-bond donors (Lipinski definition) is 3. The third-order valence-corrected chi connectivity index (χ3v) is 2.86. The van der Waals surface area contributed by atoms with E-state index in [0.29, 0.717) is 6.67 Å².